The van der Waals surface area contributed by atoms with Gasteiger partial charge in [-0.3, -0.25) is 4.79 Å². The number of thioether (sulfide) groups is 1. The highest BCUT2D eigenvalue weighted by Gasteiger charge is 2.20. The Bertz CT molecular complexity index is 808. The summed E-state index contributed by atoms with van der Waals surface area (Å²) in [5, 5.41) is 2.05. The van der Waals surface area contributed by atoms with Gasteiger partial charge in [0.05, 0.1) is 12.8 Å². The Morgan fingerprint density at radius 1 is 1.21 bits per heavy atom. The number of aryl methyl sites for hydroxylation is 1. The number of benzene rings is 1. The van der Waals surface area contributed by atoms with Gasteiger partial charge in [0.2, 0.25) is 0 Å². The number of thiophene rings is 1. The highest BCUT2D eigenvalue weighted by molar-refractivity contribution is 7.98. The Morgan fingerprint density at radius 3 is 2.71 bits per heavy atom. The van der Waals surface area contributed by atoms with Gasteiger partial charge in [0, 0.05) is 28.1 Å². The van der Waals surface area contributed by atoms with Gasteiger partial charge in [0.1, 0.15) is 0 Å². The first-order valence-electron chi connectivity index (χ1n) is 7.68. The molecule has 1 amide bonds. The largest absolute Gasteiger partial charge is 0.459 e. The fourth-order valence-corrected chi connectivity index (χ4v) is 4.20. The summed E-state index contributed by atoms with van der Waals surface area (Å²) in [5.41, 5.74) is 2.16. The van der Waals surface area contributed by atoms with Crippen molar-refractivity contribution in [1.29, 1.82) is 0 Å². The second-order valence-corrected chi connectivity index (χ2v) is 7.61. The van der Waals surface area contributed by atoms with E-state index in [4.69, 9.17) is 4.42 Å². The summed E-state index contributed by atoms with van der Waals surface area (Å²) in [4.78, 5) is 16.8. The van der Waals surface area contributed by atoms with Gasteiger partial charge in [-0.05, 0) is 42.1 Å². The lowest BCUT2D eigenvalue weighted by atomic mass is 10.2. The third kappa shape index (κ3) is 3.91. The molecule has 1 aromatic carbocycles. The normalized spacial score (nSPS) is 10.8. The summed E-state index contributed by atoms with van der Waals surface area (Å²) < 4.78 is 5.48. The number of hydrogen-bond donors (Lipinski definition) is 0. The van der Waals surface area contributed by atoms with Crippen molar-refractivity contribution < 1.29 is 9.21 Å². The highest BCUT2D eigenvalue weighted by atomic mass is 32.2. The maximum Gasteiger partial charge on any atom is 0.289 e. The lowest BCUT2D eigenvalue weighted by Gasteiger charge is -2.16. The molecule has 0 spiro atoms. The minimum atomic E-state index is -0.0727. The van der Waals surface area contributed by atoms with Crippen molar-refractivity contribution in [3.05, 3.63) is 75.9 Å². The molecule has 0 saturated carbocycles. The van der Waals surface area contributed by atoms with Gasteiger partial charge in [-0.1, -0.05) is 18.2 Å². The Labute approximate surface area is 150 Å². The van der Waals surface area contributed by atoms with E-state index in [1.807, 2.05) is 31.3 Å². The van der Waals surface area contributed by atoms with Crippen molar-refractivity contribution in [2.45, 2.75) is 24.1 Å². The van der Waals surface area contributed by atoms with Gasteiger partial charge >= 0.3 is 0 Å². The number of furan rings is 1. The quantitative estimate of drug-likeness (QED) is 0.568. The van der Waals surface area contributed by atoms with Crippen LogP contribution in [0.3, 0.4) is 0 Å². The molecule has 0 aliphatic rings. The molecule has 0 aliphatic carbocycles. The summed E-state index contributed by atoms with van der Waals surface area (Å²) in [6.45, 7) is 2.67. The van der Waals surface area contributed by atoms with Crippen molar-refractivity contribution in [3.63, 3.8) is 0 Å². The van der Waals surface area contributed by atoms with E-state index < -0.39 is 0 Å². The van der Waals surface area contributed by atoms with E-state index in [1.54, 1.807) is 34.3 Å². The predicted octanol–water partition coefficient (Wildman–Crippen LogP) is 5.21. The summed E-state index contributed by atoms with van der Waals surface area (Å²) in [6.07, 6.45) is 1.60. The number of carbonyl (C=O) groups is 1. The van der Waals surface area contributed by atoms with Crippen molar-refractivity contribution in [3.8, 4) is 0 Å². The molecule has 0 N–H and O–H groups in total. The maximum absolute atomic E-state index is 12.7. The summed E-state index contributed by atoms with van der Waals surface area (Å²) in [5.74, 6) is 1.08. The standard InChI is InChI=1S/C19H19NO2S2/c1-14-9-11-23-17(14)12-20(2)19(21)18-15(8-10-22-18)13-24-16-6-4-3-5-7-16/h3-11H,12-13H2,1-2H3. The molecule has 124 valence electrons. The lowest BCUT2D eigenvalue weighted by Crippen LogP contribution is -2.26. The zero-order valence-corrected chi connectivity index (χ0v) is 15.3. The SMILES string of the molecule is Cc1ccsc1CN(C)C(=O)c1occc1CSc1ccccc1. The molecule has 3 nitrogen and oxygen atoms in total. The Kier molecular flexibility index (Phi) is 5.43. The smallest absolute Gasteiger partial charge is 0.289 e. The molecule has 0 radical (unpaired) electrons. The van der Waals surface area contributed by atoms with E-state index in [0.717, 1.165) is 5.56 Å². The van der Waals surface area contributed by atoms with Crippen LogP contribution in [0, 0.1) is 6.92 Å². The van der Waals surface area contributed by atoms with Crippen LogP contribution in [-0.4, -0.2) is 17.9 Å². The molecule has 0 unspecified atom stereocenters. The third-order valence-electron chi connectivity index (χ3n) is 3.77. The molecule has 0 bridgehead atoms. The number of hydrogen-bond acceptors (Lipinski definition) is 4. The van der Waals surface area contributed by atoms with E-state index in [2.05, 4.69) is 30.5 Å². The topological polar surface area (TPSA) is 33.5 Å². The molecule has 0 atom stereocenters. The zero-order chi connectivity index (χ0) is 16.9. The third-order valence-corrected chi connectivity index (χ3v) is 5.84. The van der Waals surface area contributed by atoms with Gasteiger partial charge in [0.25, 0.3) is 5.91 Å². The monoisotopic (exact) mass is 357 g/mol. The minimum Gasteiger partial charge on any atom is -0.459 e. The van der Waals surface area contributed by atoms with E-state index in [9.17, 15) is 4.79 Å². The summed E-state index contributed by atoms with van der Waals surface area (Å²) >= 11 is 3.38. The Balaban J connectivity index is 1.67. The van der Waals surface area contributed by atoms with Crippen LogP contribution in [0.25, 0.3) is 0 Å². The maximum atomic E-state index is 12.7. The molecule has 3 rings (SSSR count). The minimum absolute atomic E-state index is 0.0727. The summed E-state index contributed by atoms with van der Waals surface area (Å²) in [6, 6.07) is 14.1. The van der Waals surface area contributed by atoms with Crippen molar-refractivity contribution in [2.75, 3.05) is 7.05 Å². The van der Waals surface area contributed by atoms with Crippen LogP contribution in [0.4, 0.5) is 0 Å². The summed E-state index contributed by atoms with van der Waals surface area (Å²) in [7, 11) is 1.82. The first-order valence-corrected chi connectivity index (χ1v) is 9.54. The molecular formula is C19H19NO2S2. The molecule has 2 aromatic heterocycles. The van der Waals surface area contributed by atoms with Crippen LogP contribution in [-0.2, 0) is 12.3 Å². The molecule has 3 aromatic rings. The van der Waals surface area contributed by atoms with Gasteiger partial charge in [0.15, 0.2) is 5.76 Å². The van der Waals surface area contributed by atoms with Crippen LogP contribution in [0.5, 0.6) is 0 Å². The molecule has 0 aliphatic heterocycles. The average molecular weight is 358 g/mol. The van der Waals surface area contributed by atoms with Gasteiger partial charge in [-0.25, -0.2) is 0 Å². The highest BCUT2D eigenvalue weighted by Crippen LogP contribution is 2.26. The van der Waals surface area contributed by atoms with Gasteiger partial charge in [-0.15, -0.1) is 23.1 Å². The van der Waals surface area contributed by atoms with Crippen LogP contribution < -0.4 is 0 Å². The Morgan fingerprint density at radius 2 is 2.00 bits per heavy atom. The second-order valence-electron chi connectivity index (χ2n) is 5.56. The Hall–Kier alpha value is -1.98. The molecule has 0 fully saturated rings. The first kappa shape index (κ1) is 16.9. The predicted molar refractivity (Wildman–Crippen MR) is 99.6 cm³/mol. The number of nitrogens with zero attached hydrogens (tertiary/aromatic N) is 1. The van der Waals surface area contributed by atoms with E-state index in [1.165, 1.54) is 15.3 Å². The van der Waals surface area contributed by atoms with Crippen molar-refractivity contribution >= 4 is 29.0 Å². The van der Waals surface area contributed by atoms with Crippen molar-refractivity contribution in [2.24, 2.45) is 0 Å². The van der Waals surface area contributed by atoms with E-state index in [0.29, 0.717) is 18.1 Å². The van der Waals surface area contributed by atoms with Crippen LogP contribution in [0.2, 0.25) is 0 Å². The van der Waals surface area contributed by atoms with Crippen LogP contribution >= 0.6 is 23.1 Å². The number of carbonyl (C=O) groups excluding carboxylic acids is 1. The van der Waals surface area contributed by atoms with Crippen LogP contribution in [0.1, 0.15) is 26.6 Å². The van der Waals surface area contributed by atoms with Crippen molar-refractivity contribution in [1.82, 2.24) is 4.90 Å². The van der Waals surface area contributed by atoms with Gasteiger partial charge in [-0.2, -0.15) is 0 Å². The van der Waals surface area contributed by atoms with Crippen LogP contribution in [0.15, 0.2) is 63.4 Å². The molecule has 2 heterocycles. The lowest BCUT2D eigenvalue weighted by molar-refractivity contribution is 0.0753. The molecule has 0 saturated heterocycles. The van der Waals surface area contributed by atoms with E-state index in [-0.39, 0.29) is 5.91 Å². The molecule has 5 heteroatoms. The average Bonchev–Trinajstić information content (AvgIpc) is 3.22. The molecular weight excluding hydrogens is 338 g/mol. The fraction of sp³-hybridized carbons (Fsp3) is 0.211. The fourth-order valence-electron chi connectivity index (χ4n) is 2.34. The molecule has 24 heavy (non-hydrogen) atoms. The zero-order valence-electron chi connectivity index (χ0n) is 13.7. The van der Waals surface area contributed by atoms with Gasteiger partial charge < -0.3 is 9.32 Å². The first-order chi connectivity index (χ1) is 11.6. The van der Waals surface area contributed by atoms with E-state index >= 15 is 0 Å². The number of rotatable bonds is 6. The second kappa shape index (κ2) is 7.73. The number of amides is 1.